The number of rotatable bonds is 5. The highest BCUT2D eigenvalue weighted by molar-refractivity contribution is 4.89. The van der Waals surface area contributed by atoms with Crippen LogP contribution in [0, 0.1) is 12.3 Å². The van der Waals surface area contributed by atoms with Gasteiger partial charge >= 0.3 is 0 Å². The Hall–Kier alpha value is -0.560. The molecule has 0 rings (SSSR count). The second kappa shape index (κ2) is 6.17. The van der Waals surface area contributed by atoms with Crippen molar-refractivity contribution >= 4 is 0 Å². The number of terminal acetylenes is 1. The van der Waals surface area contributed by atoms with E-state index >= 15 is 0 Å². The molecule has 0 aliphatic rings. The zero-order chi connectivity index (χ0) is 8.69. The van der Waals surface area contributed by atoms with Crippen LogP contribution in [0.1, 0.15) is 12.8 Å². The van der Waals surface area contributed by atoms with Gasteiger partial charge in [-0.1, -0.05) is 0 Å². The van der Waals surface area contributed by atoms with Crippen molar-refractivity contribution in [2.24, 2.45) is 5.84 Å². The fourth-order valence-corrected chi connectivity index (χ4v) is 0.801. The average Bonchev–Trinajstić information content (AvgIpc) is 1.97. The van der Waals surface area contributed by atoms with E-state index in [-0.39, 0.29) is 6.04 Å². The Morgan fingerprint density at radius 2 is 2.27 bits per heavy atom. The van der Waals surface area contributed by atoms with Crippen LogP contribution < -0.4 is 11.3 Å². The zero-order valence-corrected chi connectivity index (χ0v) is 7.30. The Kier molecular flexibility index (Phi) is 5.86. The fraction of sp³-hybridized carbons (Fsp3) is 0.750. The van der Waals surface area contributed by atoms with E-state index in [4.69, 9.17) is 12.3 Å². The minimum Gasteiger partial charge on any atom is -0.309 e. The van der Waals surface area contributed by atoms with Crippen molar-refractivity contribution in [1.29, 1.82) is 0 Å². The Morgan fingerprint density at radius 1 is 1.64 bits per heavy atom. The molecule has 0 fully saturated rings. The zero-order valence-electron chi connectivity index (χ0n) is 7.30. The van der Waals surface area contributed by atoms with E-state index in [1.54, 1.807) is 0 Å². The molecule has 0 aromatic rings. The first-order valence-electron chi connectivity index (χ1n) is 3.75. The molecule has 0 saturated carbocycles. The maximum absolute atomic E-state index is 5.28. The number of nitrogens with two attached hydrogens (primary N) is 1. The van der Waals surface area contributed by atoms with E-state index in [0.717, 1.165) is 13.0 Å². The van der Waals surface area contributed by atoms with Crippen molar-refractivity contribution in [2.75, 3.05) is 20.6 Å². The van der Waals surface area contributed by atoms with Gasteiger partial charge in [0.25, 0.3) is 0 Å². The number of hydrazine groups is 1. The van der Waals surface area contributed by atoms with E-state index in [1.807, 2.05) is 14.1 Å². The lowest BCUT2D eigenvalue weighted by Gasteiger charge is -2.15. The Morgan fingerprint density at radius 3 is 2.64 bits per heavy atom. The van der Waals surface area contributed by atoms with Crippen LogP contribution in [0.15, 0.2) is 0 Å². The summed E-state index contributed by atoms with van der Waals surface area (Å²) >= 11 is 0. The SMILES string of the molecule is C#CCC(CCN(C)C)NN. The van der Waals surface area contributed by atoms with Crippen molar-refractivity contribution in [3.8, 4) is 12.3 Å². The maximum atomic E-state index is 5.28. The minimum atomic E-state index is 0.252. The van der Waals surface area contributed by atoms with Crippen LogP contribution in [0.5, 0.6) is 0 Å². The van der Waals surface area contributed by atoms with Gasteiger partial charge in [-0.3, -0.25) is 11.3 Å². The third-order valence-electron chi connectivity index (χ3n) is 1.52. The lowest BCUT2D eigenvalue weighted by atomic mass is 10.1. The number of hydrogen-bond acceptors (Lipinski definition) is 3. The normalized spacial score (nSPS) is 13.0. The van der Waals surface area contributed by atoms with Crippen LogP contribution in [0.4, 0.5) is 0 Å². The molecule has 0 aromatic heterocycles. The van der Waals surface area contributed by atoms with E-state index in [1.165, 1.54) is 0 Å². The number of hydrogen-bond donors (Lipinski definition) is 2. The largest absolute Gasteiger partial charge is 0.309 e. The molecule has 0 aliphatic heterocycles. The van der Waals surface area contributed by atoms with E-state index < -0.39 is 0 Å². The van der Waals surface area contributed by atoms with Gasteiger partial charge in [0.2, 0.25) is 0 Å². The van der Waals surface area contributed by atoms with Crippen molar-refractivity contribution in [3.05, 3.63) is 0 Å². The topological polar surface area (TPSA) is 41.3 Å². The summed E-state index contributed by atoms with van der Waals surface area (Å²) in [6.07, 6.45) is 6.84. The Labute approximate surface area is 68.9 Å². The first kappa shape index (κ1) is 10.4. The summed E-state index contributed by atoms with van der Waals surface area (Å²) in [7, 11) is 4.06. The molecule has 1 atom stereocenters. The van der Waals surface area contributed by atoms with Gasteiger partial charge in [-0.05, 0) is 27.1 Å². The molecule has 0 heterocycles. The predicted octanol–water partition coefficient (Wildman–Crippen LogP) is -0.207. The van der Waals surface area contributed by atoms with Gasteiger partial charge in [-0.25, -0.2) is 0 Å². The monoisotopic (exact) mass is 155 g/mol. The molecule has 3 N–H and O–H groups in total. The van der Waals surface area contributed by atoms with Crippen molar-refractivity contribution in [1.82, 2.24) is 10.3 Å². The van der Waals surface area contributed by atoms with Gasteiger partial charge in [-0.2, -0.15) is 0 Å². The molecule has 0 radical (unpaired) electrons. The van der Waals surface area contributed by atoms with Crippen molar-refractivity contribution in [2.45, 2.75) is 18.9 Å². The first-order valence-corrected chi connectivity index (χ1v) is 3.75. The maximum Gasteiger partial charge on any atom is 0.0332 e. The number of nitrogens with zero attached hydrogens (tertiary/aromatic N) is 1. The molecular formula is C8H17N3. The summed E-state index contributed by atoms with van der Waals surface area (Å²) in [6.45, 7) is 1.01. The standard InChI is InChI=1S/C8H17N3/c1-4-5-8(10-9)6-7-11(2)3/h1,8,10H,5-7,9H2,2-3H3. The van der Waals surface area contributed by atoms with E-state index in [2.05, 4.69) is 16.2 Å². The molecule has 3 nitrogen and oxygen atoms in total. The van der Waals surface area contributed by atoms with Crippen LogP contribution in [-0.2, 0) is 0 Å². The summed E-state index contributed by atoms with van der Waals surface area (Å²) in [5.74, 6) is 7.86. The molecule has 64 valence electrons. The quantitative estimate of drug-likeness (QED) is 0.328. The molecule has 11 heavy (non-hydrogen) atoms. The predicted molar refractivity (Wildman–Crippen MR) is 47.7 cm³/mol. The summed E-state index contributed by atoms with van der Waals surface area (Å²) < 4.78 is 0. The molecular weight excluding hydrogens is 138 g/mol. The number of nitrogens with one attached hydrogen (secondary N) is 1. The minimum absolute atomic E-state index is 0.252. The van der Waals surface area contributed by atoms with Crippen LogP contribution in [0.25, 0.3) is 0 Å². The Balaban J connectivity index is 3.45. The van der Waals surface area contributed by atoms with Crippen LogP contribution >= 0.6 is 0 Å². The summed E-state index contributed by atoms with van der Waals surface area (Å²) in [4.78, 5) is 2.11. The van der Waals surface area contributed by atoms with Gasteiger partial charge in [0.15, 0.2) is 0 Å². The molecule has 0 aromatic carbocycles. The second-order valence-corrected chi connectivity index (χ2v) is 2.86. The fourth-order valence-electron chi connectivity index (χ4n) is 0.801. The third kappa shape index (κ3) is 5.86. The van der Waals surface area contributed by atoms with E-state index in [9.17, 15) is 0 Å². The highest BCUT2D eigenvalue weighted by atomic mass is 15.2. The highest BCUT2D eigenvalue weighted by Gasteiger charge is 2.03. The van der Waals surface area contributed by atoms with Gasteiger partial charge in [-0.15, -0.1) is 12.3 Å². The molecule has 0 aliphatic carbocycles. The van der Waals surface area contributed by atoms with Gasteiger partial charge in [0.05, 0.1) is 0 Å². The first-order chi connectivity index (χ1) is 5.20. The highest BCUT2D eigenvalue weighted by Crippen LogP contribution is 1.95. The van der Waals surface area contributed by atoms with Gasteiger partial charge in [0.1, 0.15) is 0 Å². The second-order valence-electron chi connectivity index (χ2n) is 2.86. The molecule has 1 unspecified atom stereocenters. The molecule has 0 saturated heterocycles. The molecule has 0 bridgehead atoms. The molecule has 3 heteroatoms. The Bertz CT molecular complexity index is 126. The molecule has 0 amide bonds. The lowest BCUT2D eigenvalue weighted by molar-refractivity contribution is 0.361. The molecule has 0 spiro atoms. The summed E-state index contributed by atoms with van der Waals surface area (Å²) in [5.41, 5.74) is 2.69. The summed E-state index contributed by atoms with van der Waals surface area (Å²) in [5, 5.41) is 0. The van der Waals surface area contributed by atoms with Crippen LogP contribution in [0.3, 0.4) is 0 Å². The summed E-state index contributed by atoms with van der Waals surface area (Å²) in [6, 6.07) is 0.252. The van der Waals surface area contributed by atoms with Gasteiger partial charge < -0.3 is 4.90 Å². The van der Waals surface area contributed by atoms with E-state index in [0.29, 0.717) is 6.42 Å². The average molecular weight is 155 g/mol. The lowest BCUT2D eigenvalue weighted by Crippen LogP contribution is -2.36. The van der Waals surface area contributed by atoms with Gasteiger partial charge in [0, 0.05) is 12.5 Å². The third-order valence-corrected chi connectivity index (χ3v) is 1.52. The smallest absolute Gasteiger partial charge is 0.0332 e. The van der Waals surface area contributed by atoms with Crippen LogP contribution in [0.2, 0.25) is 0 Å². The van der Waals surface area contributed by atoms with Crippen molar-refractivity contribution < 1.29 is 0 Å². The van der Waals surface area contributed by atoms with Crippen LogP contribution in [-0.4, -0.2) is 31.6 Å². The van der Waals surface area contributed by atoms with Crippen molar-refractivity contribution in [3.63, 3.8) is 0 Å².